The molecule has 1 aromatic heterocycles. The van der Waals surface area contributed by atoms with Gasteiger partial charge in [-0.2, -0.15) is 0 Å². The van der Waals surface area contributed by atoms with Crippen LogP contribution in [0.1, 0.15) is 33.6 Å². The largest absolute Gasteiger partial charge is 0.318 e. The highest BCUT2D eigenvalue weighted by atomic mass is 35.5. The molecule has 1 N–H and O–H groups in total. The van der Waals surface area contributed by atoms with Crippen molar-refractivity contribution in [3.63, 3.8) is 0 Å². The van der Waals surface area contributed by atoms with E-state index in [2.05, 4.69) is 41.9 Å². The molecular weight excluding hydrogens is 454 g/mol. The normalized spacial score (nSPS) is 15.4. The van der Waals surface area contributed by atoms with Crippen molar-refractivity contribution in [1.82, 2.24) is 9.88 Å². The SMILES string of the molecule is Cc1ccc(-n2c(C)cc(/C=C3\C(=O)NC(=S)N(c4cccc(Cl)c4C)C3=O)c2C)cc1C. The van der Waals surface area contributed by atoms with Crippen molar-refractivity contribution >= 4 is 52.5 Å². The third-order valence-corrected chi connectivity index (χ3v) is 6.79. The van der Waals surface area contributed by atoms with Gasteiger partial charge in [-0.05, 0) is 105 Å². The average Bonchev–Trinajstić information content (AvgIpc) is 3.03. The number of anilines is 1. The van der Waals surface area contributed by atoms with Gasteiger partial charge in [0.2, 0.25) is 0 Å². The summed E-state index contributed by atoms with van der Waals surface area (Å²) in [6.45, 7) is 9.95. The van der Waals surface area contributed by atoms with Crippen LogP contribution < -0.4 is 10.2 Å². The average molecular weight is 478 g/mol. The fourth-order valence-corrected chi connectivity index (χ4v) is 4.51. The van der Waals surface area contributed by atoms with Gasteiger partial charge in [0, 0.05) is 22.1 Å². The molecule has 1 aliphatic heterocycles. The second kappa shape index (κ2) is 8.61. The Labute approximate surface area is 203 Å². The van der Waals surface area contributed by atoms with Crippen molar-refractivity contribution in [2.75, 3.05) is 4.90 Å². The molecule has 7 heteroatoms. The molecule has 0 atom stereocenters. The summed E-state index contributed by atoms with van der Waals surface area (Å²) in [5.41, 5.74) is 7.45. The Balaban J connectivity index is 1.79. The number of hydrogen-bond donors (Lipinski definition) is 1. The summed E-state index contributed by atoms with van der Waals surface area (Å²) in [6.07, 6.45) is 1.63. The Bertz CT molecular complexity index is 1370. The smallest absolute Gasteiger partial charge is 0.270 e. The highest BCUT2D eigenvalue weighted by Crippen LogP contribution is 2.30. The van der Waals surface area contributed by atoms with E-state index in [1.54, 1.807) is 24.3 Å². The highest BCUT2D eigenvalue weighted by molar-refractivity contribution is 7.80. The number of carbonyl (C=O) groups excluding carboxylic acids is 2. The molecule has 3 aromatic rings. The minimum absolute atomic E-state index is 0.0170. The summed E-state index contributed by atoms with van der Waals surface area (Å²) in [4.78, 5) is 27.5. The van der Waals surface area contributed by atoms with Crippen molar-refractivity contribution in [3.05, 3.63) is 86.7 Å². The van der Waals surface area contributed by atoms with Crippen molar-refractivity contribution < 1.29 is 9.59 Å². The number of aromatic nitrogens is 1. The maximum absolute atomic E-state index is 13.4. The zero-order valence-electron chi connectivity index (χ0n) is 19.1. The number of nitrogens with zero attached hydrogens (tertiary/aromatic N) is 2. The molecule has 2 aromatic carbocycles. The molecule has 5 nitrogen and oxygen atoms in total. The topological polar surface area (TPSA) is 54.3 Å². The first-order valence-electron chi connectivity index (χ1n) is 10.5. The number of rotatable bonds is 3. The predicted molar refractivity (Wildman–Crippen MR) is 137 cm³/mol. The standard InChI is InChI=1S/C26H24ClN3O2S/c1-14-9-10-20(11-15(14)2)29-16(3)12-19(18(29)5)13-21-24(31)28-26(33)30(25(21)32)23-8-6-7-22(27)17(23)4/h6-13H,1-5H3,(H,28,31,33)/b21-13+. The molecule has 1 saturated heterocycles. The van der Waals surface area contributed by atoms with Crippen LogP contribution in [0.15, 0.2) is 48.0 Å². The van der Waals surface area contributed by atoms with Gasteiger partial charge in [0.1, 0.15) is 5.57 Å². The second-order valence-corrected chi connectivity index (χ2v) is 9.07. The maximum Gasteiger partial charge on any atom is 0.270 e. The van der Waals surface area contributed by atoms with Crippen molar-refractivity contribution in [1.29, 1.82) is 0 Å². The number of carbonyl (C=O) groups is 2. The van der Waals surface area contributed by atoms with E-state index < -0.39 is 11.8 Å². The highest BCUT2D eigenvalue weighted by Gasteiger charge is 2.35. The summed E-state index contributed by atoms with van der Waals surface area (Å²) < 4.78 is 2.12. The van der Waals surface area contributed by atoms with Gasteiger partial charge in [-0.15, -0.1) is 0 Å². The maximum atomic E-state index is 13.4. The Kier molecular flexibility index (Phi) is 5.99. The predicted octanol–water partition coefficient (Wildman–Crippen LogP) is 5.50. The van der Waals surface area contributed by atoms with Crippen LogP contribution in [-0.2, 0) is 9.59 Å². The zero-order chi connectivity index (χ0) is 24.0. The van der Waals surface area contributed by atoms with Crippen molar-refractivity contribution in [2.45, 2.75) is 34.6 Å². The Hall–Kier alpha value is -3.22. The summed E-state index contributed by atoms with van der Waals surface area (Å²) >= 11 is 11.6. The quantitative estimate of drug-likeness (QED) is 0.307. The Morgan fingerprint density at radius 3 is 2.39 bits per heavy atom. The lowest BCUT2D eigenvalue weighted by Crippen LogP contribution is -2.54. The van der Waals surface area contributed by atoms with E-state index >= 15 is 0 Å². The monoisotopic (exact) mass is 477 g/mol. The summed E-state index contributed by atoms with van der Waals surface area (Å²) in [6, 6.07) is 13.5. The van der Waals surface area contributed by atoms with E-state index in [0.29, 0.717) is 16.3 Å². The molecule has 33 heavy (non-hydrogen) atoms. The summed E-state index contributed by atoms with van der Waals surface area (Å²) in [5, 5.41) is 3.19. The fourth-order valence-electron chi connectivity index (χ4n) is 4.07. The number of nitrogens with one attached hydrogen (secondary N) is 1. The third kappa shape index (κ3) is 4.01. The van der Waals surface area contributed by atoms with Gasteiger partial charge in [0.05, 0.1) is 5.69 Å². The van der Waals surface area contributed by atoms with Crippen LogP contribution in [0.3, 0.4) is 0 Å². The molecule has 2 amide bonds. The number of thiocarbonyl (C=S) groups is 1. The van der Waals surface area contributed by atoms with Gasteiger partial charge >= 0.3 is 0 Å². The van der Waals surface area contributed by atoms with E-state index in [0.717, 1.165) is 22.6 Å². The van der Waals surface area contributed by atoms with Crippen LogP contribution in [0.4, 0.5) is 5.69 Å². The summed E-state index contributed by atoms with van der Waals surface area (Å²) in [7, 11) is 0. The van der Waals surface area contributed by atoms with Gasteiger partial charge in [-0.1, -0.05) is 23.7 Å². The molecule has 1 aliphatic rings. The second-order valence-electron chi connectivity index (χ2n) is 8.27. The Morgan fingerprint density at radius 1 is 0.970 bits per heavy atom. The van der Waals surface area contributed by atoms with Crippen LogP contribution in [0.5, 0.6) is 0 Å². The first kappa shape index (κ1) is 23.0. The lowest BCUT2D eigenvalue weighted by atomic mass is 10.1. The van der Waals surface area contributed by atoms with Gasteiger partial charge in [0.15, 0.2) is 5.11 Å². The first-order chi connectivity index (χ1) is 15.6. The number of benzene rings is 2. The van der Waals surface area contributed by atoms with E-state index in [-0.39, 0.29) is 10.7 Å². The number of amides is 2. The van der Waals surface area contributed by atoms with Crippen molar-refractivity contribution in [2.24, 2.45) is 0 Å². The number of halogens is 1. The van der Waals surface area contributed by atoms with E-state index in [1.165, 1.54) is 16.0 Å². The molecule has 168 valence electrons. The molecule has 0 bridgehead atoms. The van der Waals surface area contributed by atoms with E-state index in [1.807, 2.05) is 26.8 Å². The summed E-state index contributed by atoms with van der Waals surface area (Å²) in [5.74, 6) is -0.998. The minimum atomic E-state index is -0.517. The van der Waals surface area contributed by atoms with Crippen LogP contribution in [0, 0.1) is 34.6 Å². The van der Waals surface area contributed by atoms with Crippen LogP contribution in [-0.4, -0.2) is 21.5 Å². The minimum Gasteiger partial charge on any atom is -0.318 e. The van der Waals surface area contributed by atoms with E-state index in [4.69, 9.17) is 23.8 Å². The van der Waals surface area contributed by atoms with Crippen LogP contribution >= 0.6 is 23.8 Å². The molecule has 0 aliphatic carbocycles. The van der Waals surface area contributed by atoms with Gasteiger partial charge in [-0.25, -0.2) is 0 Å². The van der Waals surface area contributed by atoms with Crippen molar-refractivity contribution in [3.8, 4) is 5.69 Å². The van der Waals surface area contributed by atoms with Gasteiger partial charge in [0.25, 0.3) is 11.8 Å². The molecule has 0 radical (unpaired) electrons. The fraction of sp³-hybridized carbons (Fsp3) is 0.192. The lowest BCUT2D eigenvalue weighted by molar-refractivity contribution is -0.122. The molecule has 1 fully saturated rings. The molecule has 2 heterocycles. The number of hydrogen-bond acceptors (Lipinski definition) is 3. The van der Waals surface area contributed by atoms with Gasteiger partial charge < -0.3 is 4.57 Å². The molecular formula is C26H24ClN3O2S. The molecule has 0 saturated carbocycles. The number of aryl methyl sites for hydroxylation is 3. The van der Waals surface area contributed by atoms with Crippen LogP contribution in [0.2, 0.25) is 5.02 Å². The van der Waals surface area contributed by atoms with Crippen LogP contribution in [0.25, 0.3) is 11.8 Å². The Morgan fingerprint density at radius 2 is 1.70 bits per heavy atom. The molecule has 0 spiro atoms. The zero-order valence-corrected chi connectivity index (χ0v) is 20.7. The van der Waals surface area contributed by atoms with Gasteiger partial charge in [-0.3, -0.25) is 19.8 Å². The van der Waals surface area contributed by atoms with E-state index in [9.17, 15) is 9.59 Å². The molecule has 4 rings (SSSR count). The molecule has 0 unspecified atom stereocenters. The first-order valence-corrected chi connectivity index (χ1v) is 11.3. The lowest BCUT2D eigenvalue weighted by Gasteiger charge is -2.30. The third-order valence-electron chi connectivity index (χ3n) is 6.10.